The summed E-state index contributed by atoms with van der Waals surface area (Å²) in [5.41, 5.74) is 0.358. The smallest absolute Gasteiger partial charge is 0.101 e. The molecule has 0 aromatic heterocycles. The Hall–Kier alpha value is -1.30. The molecule has 0 radical (unpaired) electrons. The van der Waals surface area contributed by atoms with Crippen LogP contribution in [0, 0.1) is 17.2 Å². The van der Waals surface area contributed by atoms with Crippen LogP contribution < -0.4 is 5.11 Å². The van der Waals surface area contributed by atoms with Crippen LogP contribution in [0.15, 0.2) is 11.1 Å². The number of allylic oxidation sites excluding steroid dienone is 1. The van der Waals surface area contributed by atoms with Crippen LogP contribution in [0.2, 0.25) is 0 Å². The topological polar surface area (TPSA) is 63.9 Å². The van der Waals surface area contributed by atoms with Gasteiger partial charge in [0.25, 0.3) is 0 Å². The maximum absolute atomic E-state index is 10.4. The normalized spacial score (nSPS) is 12.2. The Morgan fingerprint density at radius 1 is 1.58 bits per heavy atom. The summed E-state index contributed by atoms with van der Waals surface area (Å²) in [5.74, 6) is -1.02. The van der Waals surface area contributed by atoms with Gasteiger partial charge in [0.05, 0.1) is 11.5 Å². The van der Waals surface area contributed by atoms with Crippen LogP contribution in [0.5, 0.6) is 0 Å². The molecule has 0 amide bonds. The molecule has 0 aliphatic carbocycles. The summed E-state index contributed by atoms with van der Waals surface area (Å²) in [6.45, 7) is 5.58. The summed E-state index contributed by atoms with van der Waals surface area (Å²) >= 11 is 0. The predicted molar refractivity (Wildman–Crippen MR) is 42.8 cm³/mol. The highest BCUT2D eigenvalue weighted by atomic mass is 16.4. The number of aliphatic carboxylic acids is 1. The lowest BCUT2D eigenvalue weighted by molar-refractivity contribution is -0.298. The van der Waals surface area contributed by atoms with Crippen molar-refractivity contribution in [3.63, 3.8) is 0 Å². The third-order valence-corrected chi connectivity index (χ3v) is 1.46. The molecule has 0 heterocycles. The zero-order valence-electron chi connectivity index (χ0n) is 7.55. The largest absolute Gasteiger partial charge is 0.544 e. The van der Waals surface area contributed by atoms with Gasteiger partial charge in [-0.15, -0.1) is 0 Å². The van der Waals surface area contributed by atoms with Gasteiger partial charge in [0, 0.05) is 0 Å². The summed E-state index contributed by atoms with van der Waals surface area (Å²) in [4.78, 5) is 10.4. The fraction of sp³-hybridized carbons (Fsp3) is 0.556. The molecule has 0 saturated heterocycles. The Bertz CT molecular complexity index is 246. The maximum atomic E-state index is 10.4. The van der Waals surface area contributed by atoms with Gasteiger partial charge in [-0.25, -0.2) is 0 Å². The summed E-state index contributed by atoms with van der Waals surface area (Å²) < 4.78 is 0. The lowest BCUT2D eigenvalue weighted by Crippen LogP contribution is -2.24. The van der Waals surface area contributed by atoms with E-state index in [0.29, 0.717) is 17.9 Å². The first-order chi connectivity index (χ1) is 5.49. The molecule has 0 N–H and O–H groups in total. The Labute approximate surface area is 72.3 Å². The first-order valence-electron chi connectivity index (χ1n) is 3.80. The van der Waals surface area contributed by atoms with Gasteiger partial charge in [0.1, 0.15) is 6.07 Å². The molecular weight excluding hydrogens is 154 g/mol. The zero-order valence-corrected chi connectivity index (χ0v) is 7.55. The van der Waals surface area contributed by atoms with Gasteiger partial charge in [0.2, 0.25) is 0 Å². The number of nitrogens with zero attached hydrogens (tertiary/aromatic N) is 1. The number of carbonyl (C=O) groups excluding carboxylic acids is 1. The molecule has 12 heavy (non-hydrogen) atoms. The molecule has 0 unspecified atom stereocenters. The van der Waals surface area contributed by atoms with E-state index in [2.05, 4.69) is 0 Å². The van der Waals surface area contributed by atoms with Gasteiger partial charge in [0.15, 0.2) is 0 Å². The molecule has 0 rings (SSSR count). The van der Waals surface area contributed by atoms with Crippen LogP contribution >= 0.6 is 0 Å². The highest BCUT2D eigenvalue weighted by molar-refractivity contribution is 5.90. The SMILES string of the molecule is C/C(CC(C)C)=C(/C#N)C(=O)[O-]. The van der Waals surface area contributed by atoms with Crippen LogP contribution in [-0.2, 0) is 4.79 Å². The number of carboxylic acid groups (broad SMARTS) is 1. The second kappa shape index (κ2) is 4.55. The fourth-order valence-corrected chi connectivity index (χ4v) is 1.03. The van der Waals surface area contributed by atoms with E-state index in [1.807, 2.05) is 13.8 Å². The van der Waals surface area contributed by atoms with Crippen molar-refractivity contribution in [2.75, 3.05) is 0 Å². The molecule has 3 heteroatoms. The molecule has 0 aromatic carbocycles. The molecule has 0 aliphatic rings. The Morgan fingerprint density at radius 2 is 2.08 bits per heavy atom. The van der Waals surface area contributed by atoms with Gasteiger partial charge < -0.3 is 9.90 Å². The minimum Gasteiger partial charge on any atom is -0.544 e. The van der Waals surface area contributed by atoms with Gasteiger partial charge in [-0.1, -0.05) is 19.4 Å². The van der Waals surface area contributed by atoms with Crippen molar-refractivity contribution in [3.8, 4) is 6.07 Å². The van der Waals surface area contributed by atoms with Crippen molar-refractivity contribution in [2.45, 2.75) is 27.2 Å². The molecule has 0 aromatic rings. The Morgan fingerprint density at radius 3 is 2.33 bits per heavy atom. The Balaban J connectivity index is 4.64. The van der Waals surface area contributed by atoms with Crippen LogP contribution in [0.1, 0.15) is 27.2 Å². The van der Waals surface area contributed by atoms with E-state index in [1.165, 1.54) is 0 Å². The first-order valence-corrected chi connectivity index (χ1v) is 3.80. The molecule has 0 bridgehead atoms. The van der Waals surface area contributed by atoms with Gasteiger partial charge in [-0.3, -0.25) is 0 Å². The summed E-state index contributed by atoms with van der Waals surface area (Å²) in [5, 5.41) is 18.8. The maximum Gasteiger partial charge on any atom is 0.101 e. The van der Waals surface area contributed by atoms with Crippen molar-refractivity contribution in [1.82, 2.24) is 0 Å². The second-order valence-electron chi connectivity index (χ2n) is 3.15. The van der Waals surface area contributed by atoms with Crippen LogP contribution in [0.4, 0.5) is 0 Å². The molecule has 0 aliphatic heterocycles. The summed E-state index contributed by atoms with van der Waals surface area (Å²) in [6.07, 6.45) is 0.622. The standard InChI is InChI=1S/C9H13NO2/c1-6(2)4-7(3)8(5-10)9(11)12/h6H,4H2,1-3H3,(H,11,12)/p-1/b8-7+. The molecule has 0 spiro atoms. The van der Waals surface area contributed by atoms with Crippen molar-refractivity contribution in [1.29, 1.82) is 5.26 Å². The predicted octanol–water partition coefficient (Wildman–Crippen LogP) is 0.622. The van der Waals surface area contributed by atoms with Gasteiger partial charge >= 0.3 is 0 Å². The van der Waals surface area contributed by atoms with Gasteiger partial charge in [-0.05, 0) is 19.3 Å². The summed E-state index contributed by atoms with van der Waals surface area (Å²) in [6, 6.07) is 1.62. The zero-order chi connectivity index (χ0) is 9.72. The van der Waals surface area contributed by atoms with Crippen molar-refractivity contribution in [3.05, 3.63) is 11.1 Å². The molecule has 0 saturated carbocycles. The fourth-order valence-electron chi connectivity index (χ4n) is 1.03. The highest BCUT2D eigenvalue weighted by Gasteiger charge is 2.04. The van der Waals surface area contributed by atoms with Crippen LogP contribution in [0.3, 0.4) is 0 Å². The van der Waals surface area contributed by atoms with E-state index in [1.54, 1.807) is 13.0 Å². The van der Waals surface area contributed by atoms with Crippen LogP contribution in [-0.4, -0.2) is 5.97 Å². The third kappa shape index (κ3) is 3.20. The molecular formula is C9H12NO2-. The van der Waals surface area contributed by atoms with Crippen LogP contribution in [0.25, 0.3) is 0 Å². The number of carboxylic acids is 1. The van der Waals surface area contributed by atoms with Crippen molar-refractivity contribution < 1.29 is 9.90 Å². The van der Waals surface area contributed by atoms with E-state index < -0.39 is 5.97 Å². The van der Waals surface area contributed by atoms with E-state index in [9.17, 15) is 9.90 Å². The monoisotopic (exact) mass is 166 g/mol. The van der Waals surface area contributed by atoms with Crippen molar-refractivity contribution in [2.24, 2.45) is 5.92 Å². The second-order valence-corrected chi connectivity index (χ2v) is 3.15. The number of hydrogen-bond acceptors (Lipinski definition) is 3. The molecule has 0 atom stereocenters. The van der Waals surface area contributed by atoms with Gasteiger partial charge in [-0.2, -0.15) is 5.26 Å². The summed E-state index contributed by atoms with van der Waals surface area (Å²) in [7, 11) is 0. The lowest BCUT2D eigenvalue weighted by atomic mass is 10.0. The molecule has 66 valence electrons. The molecule has 0 fully saturated rings. The average molecular weight is 166 g/mol. The van der Waals surface area contributed by atoms with E-state index in [4.69, 9.17) is 5.26 Å². The number of carbonyl (C=O) groups is 1. The third-order valence-electron chi connectivity index (χ3n) is 1.46. The van der Waals surface area contributed by atoms with E-state index >= 15 is 0 Å². The number of nitriles is 1. The average Bonchev–Trinajstić information content (AvgIpc) is 1.85. The first kappa shape index (κ1) is 10.7. The van der Waals surface area contributed by atoms with E-state index in [-0.39, 0.29) is 5.57 Å². The Kier molecular flexibility index (Phi) is 4.06. The lowest BCUT2D eigenvalue weighted by Gasteiger charge is -2.08. The molecule has 3 nitrogen and oxygen atoms in total. The van der Waals surface area contributed by atoms with E-state index in [0.717, 1.165) is 0 Å². The number of rotatable bonds is 3. The minimum absolute atomic E-state index is 0.233. The van der Waals surface area contributed by atoms with Crippen molar-refractivity contribution >= 4 is 5.97 Å². The highest BCUT2D eigenvalue weighted by Crippen LogP contribution is 2.13. The minimum atomic E-state index is -1.38. The number of hydrogen-bond donors (Lipinski definition) is 0. The quantitative estimate of drug-likeness (QED) is 0.456.